The summed E-state index contributed by atoms with van der Waals surface area (Å²) in [7, 11) is 0. The summed E-state index contributed by atoms with van der Waals surface area (Å²) in [6, 6.07) is 10.4. The Morgan fingerprint density at radius 2 is 2.03 bits per heavy atom. The average Bonchev–Trinajstić information content (AvgIpc) is 3.21. The van der Waals surface area contributed by atoms with Crippen molar-refractivity contribution >= 4 is 29.0 Å². The molecule has 0 unspecified atom stereocenters. The van der Waals surface area contributed by atoms with Gasteiger partial charge in [0.05, 0.1) is 33.8 Å². The summed E-state index contributed by atoms with van der Waals surface area (Å²) in [6.07, 6.45) is 1.78. The Morgan fingerprint density at radius 3 is 2.78 bits per heavy atom. The Kier molecular flexibility index (Phi) is 6.31. The van der Waals surface area contributed by atoms with Gasteiger partial charge in [-0.15, -0.1) is 0 Å². The number of imidazole rings is 1. The molecule has 1 aromatic heterocycles. The Morgan fingerprint density at radius 1 is 1.25 bits per heavy atom. The molecule has 10 heteroatoms. The molecule has 0 saturated carbocycles. The van der Waals surface area contributed by atoms with Gasteiger partial charge in [-0.1, -0.05) is 17.8 Å². The van der Waals surface area contributed by atoms with Gasteiger partial charge in [0.2, 0.25) is 5.91 Å². The highest BCUT2D eigenvalue weighted by Crippen LogP contribution is 2.35. The van der Waals surface area contributed by atoms with Crippen LogP contribution in [-0.2, 0) is 11.3 Å². The zero-order chi connectivity index (χ0) is 22.7. The lowest BCUT2D eigenvalue weighted by Gasteiger charge is -2.19. The minimum Gasteiger partial charge on any atom is -0.486 e. The normalized spacial score (nSPS) is 12.4. The predicted molar refractivity (Wildman–Crippen MR) is 122 cm³/mol. The van der Waals surface area contributed by atoms with Crippen molar-refractivity contribution in [1.82, 2.24) is 9.55 Å². The van der Waals surface area contributed by atoms with Crippen LogP contribution in [0.4, 0.5) is 11.4 Å². The van der Waals surface area contributed by atoms with E-state index in [1.807, 2.05) is 29.7 Å². The first-order valence-electron chi connectivity index (χ1n) is 10.1. The van der Waals surface area contributed by atoms with E-state index in [1.165, 1.54) is 17.8 Å². The van der Waals surface area contributed by atoms with Crippen molar-refractivity contribution in [3.8, 4) is 22.8 Å². The van der Waals surface area contributed by atoms with Crippen LogP contribution in [0.2, 0.25) is 0 Å². The van der Waals surface area contributed by atoms with Crippen molar-refractivity contribution in [2.24, 2.45) is 0 Å². The van der Waals surface area contributed by atoms with E-state index in [1.54, 1.807) is 25.3 Å². The number of nitrogens with zero attached hydrogens (tertiary/aromatic N) is 3. The molecule has 4 rings (SSSR count). The number of ether oxygens (including phenoxy) is 2. The van der Waals surface area contributed by atoms with Gasteiger partial charge in [0.1, 0.15) is 13.2 Å². The lowest BCUT2D eigenvalue weighted by Crippen LogP contribution is -2.16. The first-order chi connectivity index (χ1) is 15.5. The number of nitro groups is 1. The number of aromatic nitrogens is 2. The maximum Gasteiger partial charge on any atom is 0.274 e. The quantitative estimate of drug-likeness (QED) is 0.322. The molecule has 1 aliphatic heterocycles. The number of carbonyl (C=O) groups is 1. The molecule has 32 heavy (non-hydrogen) atoms. The Hall–Kier alpha value is -3.53. The number of nitro benzene ring substituents is 1. The molecule has 0 bridgehead atoms. The number of hydrogen-bond acceptors (Lipinski definition) is 7. The SMILES string of the molecule is CCn1c(-c2ccc3c(c2)OCCO3)cnc1SCC(=O)Nc1cccc([N+](=O)[O-])c1C. The van der Waals surface area contributed by atoms with Gasteiger partial charge in [0.25, 0.3) is 5.69 Å². The number of benzene rings is 2. The van der Waals surface area contributed by atoms with Gasteiger partial charge in [-0.2, -0.15) is 0 Å². The highest BCUT2D eigenvalue weighted by molar-refractivity contribution is 7.99. The number of anilines is 1. The fraction of sp³-hybridized carbons (Fsp3) is 0.273. The first-order valence-corrected chi connectivity index (χ1v) is 11.1. The Labute approximate surface area is 188 Å². The third-order valence-electron chi connectivity index (χ3n) is 5.08. The molecule has 2 aromatic carbocycles. The number of amides is 1. The number of hydrogen-bond donors (Lipinski definition) is 1. The van der Waals surface area contributed by atoms with Gasteiger partial charge in [0, 0.05) is 18.2 Å². The third kappa shape index (κ3) is 4.40. The predicted octanol–water partition coefficient (Wildman–Crippen LogP) is 4.29. The Balaban J connectivity index is 1.47. The maximum absolute atomic E-state index is 12.5. The minimum absolute atomic E-state index is 0.0268. The highest BCUT2D eigenvalue weighted by Gasteiger charge is 2.18. The summed E-state index contributed by atoms with van der Waals surface area (Å²) in [4.78, 5) is 27.6. The van der Waals surface area contributed by atoms with Crippen molar-refractivity contribution in [3.05, 3.63) is 58.3 Å². The number of thioether (sulfide) groups is 1. The summed E-state index contributed by atoms with van der Waals surface area (Å²) in [5.74, 6) is 1.30. The van der Waals surface area contributed by atoms with Gasteiger partial charge < -0.3 is 19.4 Å². The largest absolute Gasteiger partial charge is 0.486 e. The highest BCUT2D eigenvalue weighted by atomic mass is 32.2. The molecule has 1 N–H and O–H groups in total. The molecule has 166 valence electrons. The number of rotatable bonds is 7. The van der Waals surface area contributed by atoms with Crippen LogP contribution in [0.1, 0.15) is 12.5 Å². The van der Waals surface area contributed by atoms with Crippen molar-refractivity contribution in [3.63, 3.8) is 0 Å². The summed E-state index contributed by atoms with van der Waals surface area (Å²) in [6.45, 7) is 5.36. The lowest BCUT2D eigenvalue weighted by atomic mass is 10.1. The second-order valence-corrected chi connectivity index (χ2v) is 8.01. The van der Waals surface area contributed by atoms with Crippen molar-refractivity contribution in [2.45, 2.75) is 25.5 Å². The summed E-state index contributed by atoms with van der Waals surface area (Å²) >= 11 is 1.31. The Bertz CT molecular complexity index is 1180. The molecule has 0 fully saturated rings. The van der Waals surface area contributed by atoms with E-state index < -0.39 is 4.92 Å². The average molecular weight is 455 g/mol. The zero-order valence-corrected chi connectivity index (χ0v) is 18.5. The molecule has 0 radical (unpaired) electrons. The molecule has 9 nitrogen and oxygen atoms in total. The molecule has 0 atom stereocenters. The van der Waals surface area contributed by atoms with E-state index in [0.717, 1.165) is 17.0 Å². The van der Waals surface area contributed by atoms with Crippen molar-refractivity contribution < 1.29 is 19.2 Å². The second kappa shape index (κ2) is 9.31. The van der Waals surface area contributed by atoms with Crippen LogP contribution in [0.15, 0.2) is 47.8 Å². The number of carbonyl (C=O) groups excluding carboxylic acids is 1. The van der Waals surface area contributed by atoms with E-state index in [-0.39, 0.29) is 17.3 Å². The fourth-order valence-corrected chi connectivity index (χ4v) is 4.33. The van der Waals surface area contributed by atoms with Gasteiger partial charge in [0.15, 0.2) is 16.7 Å². The molecule has 0 saturated heterocycles. The molecule has 0 aliphatic carbocycles. The molecule has 2 heterocycles. The number of fused-ring (bicyclic) bond motifs is 1. The fourth-order valence-electron chi connectivity index (χ4n) is 3.49. The van der Waals surface area contributed by atoms with Crippen LogP contribution in [0.5, 0.6) is 11.5 Å². The van der Waals surface area contributed by atoms with Gasteiger partial charge in [-0.05, 0) is 38.1 Å². The zero-order valence-electron chi connectivity index (χ0n) is 17.7. The monoisotopic (exact) mass is 454 g/mol. The maximum atomic E-state index is 12.5. The van der Waals surface area contributed by atoms with Crippen molar-refractivity contribution in [2.75, 3.05) is 24.3 Å². The molecule has 0 spiro atoms. The lowest BCUT2D eigenvalue weighted by molar-refractivity contribution is -0.385. The number of nitrogens with one attached hydrogen (secondary N) is 1. The van der Waals surface area contributed by atoms with E-state index in [2.05, 4.69) is 10.3 Å². The van der Waals surface area contributed by atoms with Crippen LogP contribution in [-0.4, -0.2) is 39.3 Å². The smallest absolute Gasteiger partial charge is 0.274 e. The molecule has 3 aromatic rings. The topological polar surface area (TPSA) is 109 Å². The van der Waals surface area contributed by atoms with Gasteiger partial charge >= 0.3 is 0 Å². The molecular formula is C22H22N4O5S. The second-order valence-electron chi connectivity index (χ2n) is 7.07. The summed E-state index contributed by atoms with van der Waals surface area (Å²) < 4.78 is 13.3. The van der Waals surface area contributed by atoms with Gasteiger partial charge in [-0.3, -0.25) is 14.9 Å². The van der Waals surface area contributed by atoms with Crippen LogP contribution in [0, 0.1) is 17.0 Å². The first kappa shape index (κ1) is 21.7. The minimum atomic E-state index is -0.461. The van der Waals surface area contributed by atoms with Crippen LogP contribution in [0.25, 0.3) is 11.3 Å². The van der Waals surface area contributed by atoms with Gasteiger partial charge in [-0.25, -0.2) is 4.98 Å². The van der Waals surface area contributed by atoms with Crippen LogP contribution in [0.3, 0.4) is 0 Å². The summed E-state index contributed by atoms with van der Waals surface area (Å²) in [5, 5.41) is 14.6. The van der Waals surface area contributed by atoms with E-state index in [9.17, 15) is 14.9 Å². The van der Waals surface area contributed by atoms with Crippen LogP contribution < -0.4 is 14.8 Å². The van der Waals surface area contributed by atoms with E-state index >= 15 is 0 Å². The van der Waals surface area contributed by atoms with E-state index in [0.29, 0.717) is 41.9 Å². The summed E-state index contributed by atoms with van der Waals surface area (Å²) in [5.41, 5.74) is 2.70. The molecular weight excluding hydrogens is 432 g/mol. The van der Waals surface area contributed by atoms with E-state index in [4.69, 9.17) is 9.47 Å². The molecule has 1 amide bonds. The molecule has 1 aliphatic rings. The standard InChI is InChI=1S/C22H22N4O5S/c1-3-25-18(15-7-8-19-20(11-15)31-10-9-30-19)12-23-22(25)32-13-21(27)24-16-5-4-6-17(14(16)2)26(28)29/h4-8,11-12H,3,9-10,13H2,1-2H3,(H,24,27). The third-order valence-corrected chi connectivity index (χ3v) is 6.07. The van der Waals surface area contributed by atoms with Crippen LogP contribution >= 0.6 is 11.8 Å². The van der Waals surface area contributed by atoms with Crippen molar-refractivity contribution in [1.29, 1.82) is 0 Å².